The number of carbonyl (C=O) groups excluding carboxylic acids is 1. The summed E-state index contributed by atoms with van der Waals surface area (Å²) in [5.74, 6) is -0.0398. The lowest BCUT2D eigenvalue weighted by Gasteiger charge is -2.17. The van der Waals surface area contributed by atoms with E-state index in [2.05, 4.69) is 34.5 Å². The maximum absolute atomic E-state index is 11.7. The van der Waals surface area contributed by atoms with Crippen LogP contribution in [0.1, 0.15) is 27.7 Å². The van der Waals surface area contributed by atoms with Crippen LogP contribution in [0.5, 0.6) is 0 Å². The lowest BCUT2D eigenvalue weighted by Crippen LogP contribution is -2.32. The molecule has 0 bridgehead atoms. The first-order valence-corrected chi connectivity index (χ1v) is 7.33. The van der Waals surface area contributed by atoms with Crippen LogP contribution in [0, 0.1) is 0 Å². The molecule has 0 fully saturated rings. The monoisotopic (exact) mass is 281 g/mol. The number of anilines is 1. The SMILES string of the molecule is CCN(CC)CCn1cc(NC(=O)CNC(C)C)cn1. The first-order chi connectivity index (χ1) is 9.55. The number of likely N-dealkylation sites (N-methyl/N-ethyl adjacent to an activating group) is 1. The molecule has 114 valence electrons. The van der Waals surface area contributed by atoms with Crippen molar-refractivity contribution in [3.63, 3.8) is 0 Å². The van der Waals surface area contributed by atoms with Gasteiger partial charge in [-0.3, -0.25) is 9.48 Å². The number of hydrogen-bond donors (Lipinski definition) is 2. The highest BCUT2D eigenvalue weighted by Gasteiger charge is 2.06. The highest BCUT2D eigenvalue weighted by Crippen LogP contribution is 2.04. The smallest absolute Gasteiger partial charge is 0.238 e. The van der Waals surface area contributed by atoms with Gasteiger partial charge in [0.15, 0.2) is 0 Å². The van der Waals surface area contributed by atoms with Gasteiger partial charge in [-0.2, -0.15) is 5.10 Å². The zero-order valence-electron chi connectivity index (χ0n) is 13.0. The Morgan fingerprint density at radius 1 is 1.40 bits per heavy atom. The summed E-state index contributed by atoms with van der Waals surface area (Å²) in [6.45, 7) is 12.5. The second kappa shape index (κ2) is 8.71. The molecule has 20 heavy (non-hydrogen) atoms. The molecule has 6 nitrogen and oxygen atoms in total. The number of nitrogens with one attached hydrogen (secondary N) is 2. The molecule has 1 heterocycles. The largest absolute Gasteiger partial charge is 0.322 e. The highest BCUT2D eigenvalue weighted by molar-refractivity contribution is 5.91. The minimum absolute atomic E-state index is 0.0398. The topological polar surface area (TPSA) is 62.2 Å². The zero-order valence-corrected chi connectivity index (χ0v) is 13.0. The van der Waals surface area contributed by atoms with Gasteiger partial charge in [0.2, 0.25) is 5.91 Å². The van der Waals surface area contributed by atoms with Gasteiger partial charge < -0.3 is 15.5 Å². The van der Waals surface area contributed by atoms with Gasteiger partial charge in [0.1, 0.15) is 0 Å². The third-order valence-corrected chi connectivity index (χ3v) is 3.13. The Balaban J connectivity index is 2.37. The molecule has 6 heteroatoms. The van der Waals surface area contributed by atoms with Gasteiger partial charge in [-0.05, 0) is 13.1 Å². The van der Waals surface area contributed by atoms with Crippen LogP contribution in [0.25, 0.3) is 0 Å². The zero-order chi connectivity index (χ0) is 15.0. The third-order valence-electron chi connectivity index (χ3n) is 3.13. The average molecular weight is 281 g/mol. The molecule has 1 rings (SSSR count). The van der Waals surface area contributed by atoms with Crippen molar-refractivity contribution in [3.05, 3.63) is 12.4 Å². The molecular formula is C14H27N5O. The van der Waals surface area contributed by atoms with E-state index in [9.17, 15) is 4.79 Å². The molecule has 1 amide bonds. The van der Waals surface area contributed by atoms with Crippen LogP contribution < -0.4 is 10.6 Å². The van der Waals surface area contributed by atoms with Gasteiger partial charge in [0.25, 0.3) is 0 Å². The number of rotatable bonds is 9. The molecule has 1 aromatic heterocycles. The van der Waals surface area contributed by atoms with Crippen molar-refractivity contribution >= 4 is 11.6 Å². The first-order valence-electron chi connectivity index (χ1n) is 7.33. The molecule has 0 aliphatic carbocycles. The van der Waals surface area contributed by atoms with Crippen LogP contribution >= 0.6 is 0 Å². The maximum Gasteiger partial charge on any atom is 0.238 e. The lowest BCUT2D eigenvalue weighted by molar-refractivity contribution is -0.115. The lowest BCUT2D eigenvalue weighted by atomic mass is 10.4. The molecule has 1 aromatic rings. The van der Waals surface area contributed by atoms with Gasteiger partial charge >= 0.3 is 0 Å². The summed E-state index contributed by atoms with van der Waals surface area (Å²) in [7, 11) is 0. The standard InChI is InChI=1S/C14H27N5O/c1-5-18(6-2)7-8-19-11-13(9-16-19)17-14(20)10-15-12(3)4/h9,11-12,15H,5-8,10H2,1-4H3,(H,17,20). The van der Waals surface area contributed by atoms with E-state index in [0.717, 1.165) is 31.9 Å². The minimum Gasteiger partial charge on any atom is -0.322 e. The van der Waals surface area contributed by atoms with E-state index in [1.54, 1.807) is 6.20 Å². The molecule has 0 atom stereocenters. The van der Waals surface area contributed by atoms with Crippen LogP contribution in [0.3, 0.4) is 0 Å². The van der Waals surface area contributed by atoms with Crippen molar-refractivity contribution < 1.29 is 4.79 Å². The van der Waals surface area contributed by atoms with Crippen molar-refractivity contribution in [1.29, 1.82) is 0 Å². The summed E-state index contributed by atoms with van der Waals surface area (Å²) in [5.41, 5.74) is 0.750. The summed E-state index contributed by atoms with van der Waals surface area (Å²) in [4.78, 5) is 14.0. The summed E-state index contributed by atoms with van der Waals surface area (Å²) in [6.07, 6.45) is 3.56. The van der Waals surface area contributed by atoms with E-state index >= 15 is 0 Å². The number of aromatic nitrogens is 2. The summed E-state index contributed by atoms with van der Waals surface area (Å²) in [6, 6.07) is 0.303. The van der Waals surface area contributed by atoms with E-state index in [-0.39, 0.29) is 5.91 Å². The van der Waals surface area contributed by atoms with Crippen molar-refractivity contribution in [2.24, 2.45) is 0 Å². The molecule has 0 aliphatic heterocycles. The molecule has 2 N–H and O–H groups in total. The average Bonchev–Trinajstić information content (AvgIpc) is 2.85. The second-order valence-corrected chi connectivity index (χ2v) is 5.10. The molecule has 0 saturated carbocycles. The number of nitrogens with zero attached hydrogens (tertiary/aromatic N) is 3. The van der Waals surface area contributed by atoms with Crippen molar-refractivity contribution in [2.45, 2.75) is 40.3 Å². The molecule has 0 spiro atoms. The van der Waals surface area contributed by atoms with Crippen LogP contribution in [0.4, 0.5) is 5.69 Å². The Kier molecular flexibility index (Phi) is 7.25. The van der Waals surface area contributed by atoms with Crippen molar-refractivity contribution in [2.75, 3.05) is 31.5 Å². The van der Waals surface area contributed by atoms with E-state index < -0.39 is 0 Å². The fourth-order valence-electron chi connectivity index (χ4n) is 1.84. The molecule has 0 aliphatic rings. The van der Waals surface area contributed by atoms with Gasteiger partial charge in [-0.25, -0.2) is 0 Å². The molecule has 0 unspecified atom stereocenters. The predicted octanol–water partition coefficient (Wildman–Crippen LogP) is 1.16. The van der Waals surface area contributed by atoms with Crippen LogP contribution in [0.2, 0.25) is 0 Å². The fourth-order valence-corrected chi connectivity index (χ4v) is 1.84. The Hall–Kier alpha value is -1.40. The molecular weight excluding hydrogens is 254 g/mol. The van der Waals surface area contributed by atoms with Crippen LogP contribution in [0.15, 0.2) is 12.4 Å². The van der Waals surface area contributed by atoms with E-state index in [1.165, 1.54) is 0 Å². The van der Waals surface area contributed by atoms with Gasteiger partial charge in [0.05, 0.1) is 25.0 Å². The second-order valence-electron chi connectivity index (χ2n) is 5.10. The predicted molar refractivity (Wildman–Crippen MR) is 81.8 cm³/mol. The van der Waals surface area contributed by atoms with E-state index in [0.29, 0.717) is 12.6 Å². The summed E-state index contributed by atoms with van der Waals surface area (Å²) < 4.78 is 1.86. The van der Waals surface area contributed by atoms with Crippen LogP contribution in [-0.4, -0.2) is 52.8 Å². The molecule has 0 saturated heterocycles. The quantitative estimate of drug-likeness (QED) is 0.713. The molecule has 0 aromatic carbocycles. The van der Waals surface area contributed by atoms with E-state index in [4.69, 9.17) is 0 Å². The number of carbonyl (C=O) groups is 1. The van der Waals surface area contributed by atoms with E-state index in [1.807, 2.05) is 24.7 Å². The summed E-state index contributed by atoms with van der Waals surface area (Å²) in [5, 5.41) is 10.2. The Labute approximate surface area is 121 Å². The maximum atomic E-state index is 11.7. The molecule has 0 radical (unpaired) electrons. The summed E-state index contributed by atoms with van der Waals surface area (Å²) >= 11 is 0. The number of amides is 1. The third kappa shape index (κ3) is 6.16. The number of hydrogen-bond acceptors (Lipinski definition) is 4. The van der Waals surface area contributed by atoms with Gasteiger partial charge in [-0.1, -0.05) is 27.7 Å². The van der Waals surface area contributed by atoms with Gasteiger partial charge in [-0.15, -0.1) is 0 Å². The normalized spacial score (nSPS) is 11.3. The highest BCUT2D eigenvalue weighted by atomic mass is 16.1. The minimum atomic E-state index is -0.0398. The van der Waals surface area contributed by atoms with Crippen LogP contribution in [-0.2, 0) is 11.3 Å². The Morgan fingerprint density at radius 3 is 2.70 bits per heavy atom. The fraction of sp³-hybridized carbons (Fsp3) is 0.714. The Morgan fingerprint density at radius 2 is 2.10 bits per heavy atom. The first kappa shape index (κ1) is 16.7. The Bertz CT molecular complexity index is 398. The van der Waals surface area contributed by atoms with Crippen molar-refractivity contribution in [3.8, 4) is 0 Å². The van der Waals surface area contributed by atoms with Gasteiger partial charge in [0, 0.05) is 18.8 Å². The van der Waals surface area contributed by atoms with Crippen molar-refractivity contribution in [1.82, 2.24) is 20.0 Å².